The highest BCUT2D eigenvalue weighted by atomic mass is 35.5. The average molecular weight is 455 g/mol. The maximum absolute atomic E-state index is 13.0. The molecule has 0 bridgehead atoms. The van der Waals surface area contributed by atoms with Crippen molar-refractivity contribution in [3.63, 3.8) is 0 Å². The Morgan fingerprint density at radius 2 is 1.89 bits per heavy atom. The zero-order valence-electron chi connectivity index (χ0n) is 15.6. The molecular formula is C17H27ClN2O4S3. The van der Waals surface area contributed by atoms with Crippen molar-refractivity contribution in [3.05, 3.63) is 16.5 Å². The van der Waals surface area contributed by atoms with E-state index in [9.17, 15) is 16.8 Å². The number of piperidine rings is 1. The van der Waals surface area contributed by atoms with Crippen LogP contribution in [0, 0.1) is 0 Å². The highest BCUT2D eigenvalue weighted by Gasteiger charge is 2.46. The molecule has 1 aromatic heterocycles. The van der Waals surface area contributed by atoms with Crippen LogP contribution in [0.4, 0.5) is 0 Å². The average Bonchev–Trinajstić information content (AvgIpc) is 3.17. The molecule has 0 unspecified atom stereocenters. The summed E-state index contributed by atoms with van der Waals surface area (Å²) in [6, 6.07) is 2.39. The maximum atomic E-state index is 13.0. The van der Waals surface area contributed by atoms with E-state index >= 15 is 0 Å². The molecule has 1 aromatic rings. The first-order valence-corrected chi connectivity index (χ1v) is 13.8. The van der Waals surface area contributed by atoms with Gasteiger partial charge in [-0.3, -0.25) is 4.90 Å². The molecule has 154 valence electrons. The number of hydrogen-bond acceptors (Lipinski definition) is 7. The molecule has 2 fully saturated rings. The van der Waals surface area contributed by atoms with Gasteiger partial charge in [-0.15, -0.1) is 11.3 Å². The van der Waals surface area contributed by atoms with Crippen LogP contribution in [0.1, 0.15) is 33.1 Å². The van der Waals surface area contributed by atoms with Gasteiger partial charge >= 0.3 is 0 Å². The van der Waals surface area contributed by atoms with Crippen molar-refractivity contribution in [1.29, 1.82) is 0 Å². The molecular weight excluding hydrogens is 428 g/mol. The molecule has 0 radical (unpaired) electrons. The van der Waals surface area contributed by atoms with E-state index < -0.39 is 31.0 Å². The molecule has 1 N–H and O–H groups in total. The van der Waals surface area contributed by atoms with Crippen LogP contribution in [0.25, 0.3) is 0 Å². The lowest BCUT2D eigenvalue weighted by Crippen LogP contribution is -2.56. The number of sulfone groups is 2. The molecule has 27 heavy (non-hydrogen) atoms. The Labute approximate surface area is 171 Å². The Balaban J connectivity index is 1.76. The minimum Gasteiger partial charge on any atom is -0.310 e. The van der Waals surface area contributed by atoms with Crippen molar-refractivity contribution < 1.29 is 16.8 Å². The molecule has 10 heteroatoms. The second-order valence-electron chi connectivity index (χ2n) is 8.07. The van der Waals surface area contributed by atoms with Gasteiger partial charge < -0.3 is 5.32 Å². The summed E-state index contributed by atoms with van der Waals surface area (Å²) < 4.78 is 51.0. The van der Waals surface area contributed by atoms with Gasteiger partial charge in [0, 0.05) is 18.1 Å². The van der Waals surface area contributed by atoms with Gasteiger partial charge in [0.1, 0.15) is 4.21 Å². The largest absolute Gasteiger partial charge is 0.310 e. The molecule has 2 atom stereocenters. The molecule has 0 spiro atoms. The smallest absolute Gasteiger partial charge is 0.193 e. The molecule has 2 saturated heterocycles. The van der Waals surface area contributed by atoms with Crippen molar-refractivity contribution in [2.45, 2.75) is 54.1 Å². The minimum atomic E-state index is -3.75. The maximum Gasteiger partial charge on any atom is 0.193 e. The van der Waals surface area contributed by atoms with Gasteiger partial charge in [0.2, 0.25) is 0 Å². The Hall–Kier alpha value is -0.190. The van der Waals surface area contributed by atoms with Gasteiger partial charge in [0.25, 0.3) is 0 Å². The third kappa shape index (κ3) is 4.87. The number of likely N-dealkylation sites (tertiary alicyclic amines) is 1. The van der Waals surface area contributed by atoms with Gasteiger partial charge in [-0.1, -0.05) is 18.0 Å². The van der Waals surface area contributed by atoms with Crippen LogP contribution >= 0.6 is 22.9 Å². The van der Waals surface area contributed by atoms with Crippen LogP contribution in [0.2, 0.25) is 4.34 Å². The molecule has 0 aromatic carbocycles. The molecule has 0 amide bonds. The second kappa shape index (κ2) is 7.91. The summed E-state index contributed by atoms with van der Waals surface area (Å²) in [6.07, 6.45) is 3.57. The molecule has 3 rings (SSSR count). The molecule has 2 aliphatic heterocycles. The van der Waals surface area contributed by atoms with E-state index in [0.717, 1.165) is 37.3 Å². The predicted octanol–water partition coefficient (Wildman–Crippen LogP) is 2.19. The number of rotatable bonds is 6. The monoisotopic (exact) mass is 454 g/mol. The molecule has 0 aliphatic carbocycles. The number of hydrogen-bond donors (Lipinski definition) is 1. The zero-order valence-corrected chi connectivity index (χ0v) is 18.9. The molecule has 0 saturated carbocycles. The van der Waals surface area contributed by atoms with E-state index in [1.54, 1.807) is 0 Å². The number of halogens is 1. The van der Waals surface area contributed by atoms with E-state index in [0.29, 0.717) is 10.9 Å². The summed E-state index contributed by atoms with van der Waals surface area (Å²) in [5.41, 5.74) is -0.159. The van der Waals surface area contributed by atoms with Gasteiger partial charge in [-0.25, -0.2) is 16.8 Å². The normalized spacial score (nSPS) is 27.1. The van der Waals surface area contributed by atoms with E-state index in [-0.39, 0.29) is 21.3 Å². The van der Waals surface area contributed by atoms with E-state index in [1.165, 1.54) is 18.6 Å². The van der Waals surface area contributed by atoms with Gasteiger partial charge in [0.15, 0.2) is 19.7 Å². The van der Waals surface area contributed by atoms with E-state index in [4.69, 9.17) is 11.6 Å². The van der Waals surface area contributed by atoms with Gasteiger partial charge in [-0.05, 0) is 51.9 Å². The summed E-state index contributed by atoms with van der Waals surface area (Å²) in [5.74, 6) is -0.487. The van der Waals surface area contributed by atoms with Crippen molar-refractivity contribution in [2.75, 3.05) is 31.1 Å². The topological polar surface area (TPSA) is 83.5 Å². The number of nitrogens with zero attached hydrogens (tertiary/aromatic N) is 1. The van der Waals surface area contributed by atoms with Gasteiger partial charge in [0.05, 0.1) is 21.1 Å². The second-order valence-corrected chi connectivity index (χ2v) is 14.3. The number of nitrogens with one attached hydrogen (secondary N) is 1. The van der Waals surface area contributed by atoms with Crippen LogP contribution in [0.15, 0.2) is 16.3 Å². The fourth-order valence-electron chi connectivity index (χ4n) is 3.90. The molecule has 6 nitrogen and oxygen atoms in total. The lowest BCUT2D eigenvalue weighted by atomic mass is 9.98. The Morgan fingerprint density at radius 3 is 2.48 bits per heavy atom. The van der Waals surface area contributed by atoms with E-state index in [1.807, 2.05) is 0 Å². The summed E-state index contributed by atoms with van der Waals surface area (Å²) in [4.78, 5) is 2.40. The lowest BCUT2D eigenvalue weighted by Gasteiger charge is -2.42. The predicted molar refractivity (Wildman–Crippen MR) is 110 cm³/mol. The first-order chi connectivity index (χ1) is 12.5. The van der Waals surface area contributed by atoms with Crippen molar-refractivity contribution in [3.8, 4) is 0 Å². The van der Waals surface area contributed by atoms with Crippen LogP contribution in [-0.2, 0) is 19.7 Å². The van der Waals surface area contributed by atoms with E-state index in [2.05, 4.69) is 24.1 Å². The highest BCUT2D eigenvalue weighted by Crippen LogP contribution is 2.32. The Morgan fingerprint density at radius 1 is 1.22 bits per heavy atom. The quantitative estimate of drug-likeness (QED) is 0.709. The van der Waals surface area contributed by atoms with Crippen LogP contribution in [0.3, 0.4) is 0 Å². The molecule has 2 aliphatic rings. The van der Waals surface area contributed by atoms with Crippen LogP contribution in [0.5, 0.6) is 0 Å². The number of thiophene rings is 1. The standard InChI is InChI=1S/C17H27ClN2O4S3/c1-17(2,20-8-4-3-5-9-20)12-19-13-10-26(21,22)11-14(13)27(23,24)16-7-6-15(18)25-16/h6-7,13-14,19H,3-5,8-12H2,1-2H3/t13-,14-/m0/s1. The fourth-order valence-corrected chi connectivity index (χ4v) is 10.3. The minimum absolute atomic E-state index is 0.136. The first kappa shape index (κ1) is 21.5. The Bertz CT molecular complexity index is 874. The zero-order chi connectivity index (χ0) is 19.9. The molecule has 3 heterocycles. The van der Waals surface area contributed by atoms with Crippen LogP contribution in [-0.4, -0.2) is 69.7 Å². The SMILES string of the molecule is CC(C)(CN[C@H]1CS(=O)(=O)C[C@@H]1S(=O)(=O)c1ccc(Cl)s1)N1CCCCC1. The third-order valence-corrected chi connectivity index (χ3v) is 11.4. The Kier molecular flexibility index (Phi) is 6.31. The summed E-state index contributed by atoms with van der Waals surface area (Å²) >= 11 is 6.86. The van der Waals surface area contributed by atoms with Gasteiger partial charge in [-0.2, -0.15) is 0 Å². The van der Waals surface area contributed by atoms with Crippen LogP contribution < -0.4 is 5.32 Å². The van der Waals surface area contributed by atoms with Crippen molar-refractivity contribution >= 4 is 42.6 Å². The summed E-state index contributed by atoms with van der Waals surface area (Å²) in [7, 11) is -7.16. The summed E-state index contributed by atoms with van der Waals surface area (Å²) in [6.45, 7) is 6.83. The van der Waals surface area contributed by atoms with Crippen molar-refractivity contribution in [1.82, 2.24) is 10.2 Å². The fraction of sp³-hybridized carbons (Fsp3) is 0.765. The summed E-state index contributed by atoms with van der Waals surface area (Å²) in [5, 5.41) is 2.30. The van der Waals surface area contributed by atoms with Crippen molar-refractivity contribution in [2.24, 2.45) is 0 Å². The highest BCUT2D eigenvalue weighted by molar-refractivity contribution is 7.97. The third-order valence-electron chi connectivity index (χ3n) is 5.54. The first-order valence-electron chi connectivity index (χ1n) is 9.19. The lowest BCUT2D eigenvalue weighted by molar-refractivity contribution is 0.0925.